The van der Waals surface area contributed by atoms with Crippen molar-refractivity contribution in [2.45, 2.75) is 21.7 Å². The molecule has 0 heterocycles. The third-order valence-electron chi connectivity index (χ3n) is 1.76. The first-order valence-electron chi connectivity index (χ1n) is 5.07. The standard InChI is InChI=1S/C11H7.3CH3.Sn/c1-3-4-5-11-8-6-10(2)7-9-11;;;;/h6-9H,2H3;3*1H3;. The van der Waals surface area contributed by atoms with Gasteiger partial charge in [-0.2, -0.15) is 0 Å². The van der Waals surface area contributed by atoms with Crippen LogP contribution in [-0.4, -0.2) is 18.4 Å². The van der Waals surface area contributed by atoms with E-state index in [2.05, 4.69) is 55.6 Å². The molecule has 0 nitrogen and oxygen atoms in total. The zero-order chi connectivity index (χ0) is 11.3. The first kappa shape index (κ1) is 12.2. The fraction of sp³-hybridized carbons (Fsp3) is 0.286. The van der Waals surface area contributed by atoms with Crippen LogP contribution < -0.4 is 0 Å². The van der Waals surface area contributed by atoms with Gasteiger partial charge in [-0.1, -0.05) is 0 Å². The first-order valence-corrected chi connectivity index (χ1v) is 15.1. The van der Waals surface area contributed by atoms with Crippen molar-refractivity contribution in [3.8, 4) is 21.7 Å². The van der Waals surface area contributed by atoms with Crippen molar-refractivity contribution < 1.29 is 0 Å². The van der Waals surface area contributed by atoms with E-state index in [1.807, 2.05) is 12.1 Å². The summed E-state index contributed by atoms with van der Waals surface area (Å²) in [6, 6.07) is 8.20. The van der Waals surface area contributed by atoms with E-state index in [4.69, 9.17) is 0 Å². The number of benzene rings is 1. The average molecular weight is 303 g/mol. The van der Waals surface area contributed by atoms with E-state index >= 15 is 0 Å². The monoisotopic (exact) mass is 304 g/mol. The summed E-state index contributed by atoms with van der Waals surface area (Å²) in [5.74, 6) is 8.94. The zero-order valence-electron chi connectivity index (χ0n) is 9.81. The van der Waals surface area contributed by atoms with Crippen LogP contribution in [0.15, 0.2) is 24.3 Å². The molecule has 76 valence electrons. The summed E-state index contributed by atoms with van der Waals surface area (Å²) in [5.41, 5.74) is 2.30. The minimum atomic E-state index is -1.93. The van der Waals surface area contributed by atoms with Crippen LogP contribution in [0.3, 0.4) is 0 Å². The average Bonchev–Trinajstić information content (AvgIpc) is 2.14. The Balaban J connectivity index is 2.74. The van der Waals surface area contributed by atoms with Crippen LogP contribution in [0.25, 0.3) is 0 Å². The summed E-state index contributed by atoms with van der Waals surface area (Å²) in [7, 11) is 0. The molecule has 0 amide bonds. The SMILES string of the molecule is Cc1ccc(C#CC#[C][Sn]([CH3])([CH3])[CH3])cc1. The summed E-state index contributed by atoms with van der Waals surface area (Å²) in [6.07, 6.45) is 0. The van der Waals surface area contributed by atoms with Crippen molar-refractivity contribution in [3.63, 3.8) is 0 Å². The molecular formula is C14H16Sn. The molecule has 0 aliphatic heterocycles. The maximum absolute atomic E-state index is 3.29. The normalized spacial score (nSPS) is 9.60. The molecule has 0 aromatic heterocycles. The Bertz CT molecular complexity index is 439. The molecule has 0 saturated carbocycles. The molecule has 1 rings (SSSR count). The van der Waals surface area contributed by atoms with Crippen LogP contribution >= 0.6 is 0 Å². The molecule has 0 aliphatic carbocycles. The first-order chi connectivity index (χ1) is 6.97. The van der Waals surface area contributed by atoms with Crippen molar-refractivity contribution in [1.29, 1.82) is 0 Å². The molecule has 0 radical (unpaired) electrons. The van der Waals surface area contributed by atoms with Crippen LogP contribution in [0.4, 0.5) is 0 Å². The van der Waals surface area contributed by atoms with E-state index < -0.39 is 18.4 Å². The van der Waals surface area contributed by atoms with E-state index in [0.29, 0.717) is 0 Å². The van der Waals surface area contributed by atoms with Gasteiger partial charge in [0.25, 0.3) is 0 Å². The number of aryl methyl sites for hydroxylation is 1. The predicted molar refractivity (Wildman–Crippen MR) is 69.2 cm³/mol. The Morgan fingerprint density at radius 2 is 1.53 bits per heavy atom. The van der Waals surface area contributed by atoms with Crippen molar-refractivity contribution >= 4 is 18.4 Å². The molecule has 1 aromatic rings. The Morgan fingerprint density at radius 1 is 0.933 bits per heavy atom. The van der Waals surface area contributed by atoms with Gasteiger partial charge in [0.2, 0.25) is 0 Å². The molecule has 0 unspecified atom stereocenters. The summed E-state index contributed by atoms with van der Waals surface area (Å²) in [5, 5.41) is 0. The molecule has 1 heteroatoms. The van der Waals surface area contributed by atoms with Crippen LogP contribution in [0, 0.1) is 28.6 Å². The van der Waals surface area contributed by atoms with Crippen LogP contribution in [0.2, 0.25) is 14.8 Å². The molecule has 0 atom stereocenters. The molecule has 1 aromatic carbocycles. The van der Waals surface area contributed by atoms with Crippen LogP contribution in [-0.2, 0) is 0 Å². The Labute approximate surface area is 97.0 Å². The van der Waals surface area contributed by atoms with Crippen molar-refractivity contribution in [3.05, 3.63) is 35.4 Å². The molecular weight excluding hydrogens is 287 g/mol. The minimum absolute atomic E-state index is 1.04. The third kappa shape index (κ3) is 5.55. The van der Waals surface area contributed by atoms with Crippen LogP contribution in [0.1, 0.15) is 11.1 Å². The second-order valence-electron chi connectivity index (χ2n) is 4.62. The quantitative estimate of drug-likeness (QED) is 0.510. The number of rotatable bonds is 0. The number of hydrogen-bond donors (Lipinski definition) is 0. The van der Waals surface area contributed by atoms with Gasteiger partial charge in [0.15, 0.2) is 0 Å². The Morgan fingerprint density at radius 3 is 2.07 bits per heavy atom. The second-order valence-corrected chi connectivity index (χ2v) is 18.2. The van der Waals surface area contributed by atoms with Gasteiger partial charge in [0, 0.05) is 0 Å². The molecule has 0 aliphatic rings. The van der Waals surface area contributed by atoms with E-state index in [1.54, 1.807) is 0 Å². The van der Waals surface area contributed by atoms with E-state index in [-0.39, 0.29) is 0 Å². The molecule has 0 bridgehead atoms. The predicted octanol–water partition coefficient (Wildman–Crippen LogP) is 3.23. The molecule has 0 saturated heterocycles. The van der Waals surface area contributed by atoms with E-state index in [0.717, 1.165) is 5.56 Å². The fourth-order valence-electron chi connectivity index (χ4n) is 0.959. The van der Waals surface area contributed by atoms with Crippen molar-refractivity contribution in [1.82, 2.24) is 0 Å². The van der Waals surface area contributed by atoms with Gasteiger partial charge in [0.05, 0.1) is 0 Å². The van der Waals surface area contributed by atoms with Crippen molar-refractivity contribution in [2.75, 3.05) is 0 Å². The summed E-state index contributed by atoms with van der Waals surface area (Å²) >= 11 is -1.93. The number of hydrogen-bond acceptors (Lipinski definition) is 0. The topological polar surface area (TPSA) is 0 Å². The van der Waals surface area contributed by atoms with E-state index in [9.17, 15) is 0 Å². The summed E-state index contributed by atoms with van der Waals surface area (Å²) in [6.45, 7) is 2.07. The van der Waals surface area contributed by atoms with Gasteiger partial charge in [-0.25, -0.2) is 0 Å². The van der Waals surface area contributed by atoms with E-state index in [1.165, 1.54) is 5.56 Å². The van der Waals surface area contributed by atoms with Crippen molar-refractivity contribution in [2.24, 2.45) is 0 Å². The fourth-order valence-corrected chi connectivity index (χ4v) is 2.21. The molecule has 0 fully saturated rings. The van der Waals surface area contributed by atoms with Gasteiger partial charge < -0.3 is 0 Å². The molecule has 15 heavy (non-hydrogen) atoms. The Hall–Kier alpha value is -0.861. The second kappa shape index (κ2) is 5.29. The molecule has 0 spiro atoms. The zero-order valence-corrected chi connectivity index (χ0v) is 12.7. The summed E-state index contributed by atoms with van der Waals surface area (Å²) in [4.78, 5) is 6.86. The van der Waals surface area contributed by atoms with Crippen LogP contribution in [0.5, 0.6) is 0 Å². The Kier molecular flexibility index (Phi) is 4.30. The van der Waals surface area contributed by atoms with Gasteiger partial charge >= 0.3 is 97.2 Å². The van der Waals surface area contributed by atoms with Gasteiger partial charge in [-0.3, -0.25) is 0 Å². The molecule has 0 N–H and O–H groups in total. The summed E-state index contributed by atoms with van der Waals surface area (Å²) < 4.78 is 3.29. The van der Waals surface area contributed by atoms with Gasteiger partial charge in [0.1, 0.15) is 0 Å². The maximum atomic E-state index is 3.29. The van der Waals surface area contributed by atoms with Gasteiger partial charge in [-0.15, -0.1) is 0 Å². The third-order valence-corrected chi connectivity index (χ3v) is 4.26. The van der Waals surface area contributed by atoms with Gasteiger partial charge in [-0.05, 0) is 0 Å².